The van der Waals surface area contributed by atoms with Crippen LogP contribution in [0.5, 0.6) is 0 Å². The van der Waals surface area contributed by atoms with Crippen LogP contribution >= 0.6 is 0 Å². The van der Waals surface area contributed by atoms with Crippen LogP contribution in [0.25, 0.3) is 0 Å². The maximum atomic E-state index is 13.7. The number of ether oxygens (including phenoxy) is 1. The topological polar surface area (TPSA) is 55.4 Å². The third-order valence-electron chi connectivity index (χ3n) is 1.84. The molecule has 1 aliphatic heterocycles. The zero-order valence-corrected chi connectivity index (χ0v) is 8.52. The Hall–Kier alpha value is -1.13. The minimum Gasteiger partial charge on any atom is -0.457 e. The number of hydrogen-bond donors (Lipinski definition) is 1. The second-order valence-corrected chi connectivity index (χ2v) is 4.31. The van der Waals surface area contributed by atoms with E-state index in [1.807, 2.05) is 0 Å². The number of halogens is 1. The lowest BCUT2D eigenvalue weighted by atomic mass is 10.0. The van der Waals surface area contributed by atoms with E-state index in [9.17, 15) is 14.0 Å². The molecule has 1 atom stereocenters. The van der Waals surface area contributed by atoms with Crippen LogP contribution < -0.4 is 5.32 Å². The summed E-state index contributed by atoms with van der Waals surface area (Å²) in [5.41, 5.74) is -3.27. The van der Waals surface area contributed by atoms with Crippen molar-refractivity contribution in [2.45, 2.75) is 38.5 Å². The number of rotatable bonds is 1. The van der Waals surface area contributed by atoms with Gasteiger partial charge in [-0.15, -0.1) is 0 Å². The molecule has 1 fully saturated rings. The zero-order valence-electron chi connectivity index (χ0n) is 8.52. The summed E-state index contributed by atoms with van der Waals surface area (Å²) in [6.45, 7) is 5.05. The van der Waals surface area contributed by atoms with Gasteiger partial charge in [0.15, 0.2) is 0 Å². The van der Waals surface area contributed by atoms with Crippen LogP contribution in [-0.2, 0) is 14.3 Å². The summed E-state index contributed by atoms with van der Waals surface area (Å²) in [5, 5.41) is 2.26. The van der Waals surface area contributed by atoms with Crippen LogP contribution in [0.3, 0.4) is 0 Å². The van der Waals surface area contributed by atoms with Crippen molar-refractivity contribution >= 4 is 11.9 Å². The van der Waals surface area contributed by atoms with Crippen molar-refractivity contribution in [3.63, 3.8) is 0 Å². The van der Waals surface area contributed by atoms with Crippen LogP contribution in [0, 0.1) is 0 Å². The standard InChI is InChI=1S/C9H14FNO3/c1-8(2,3)14-7(13)9(10)4-5-11-6(9)12/h4-5H2,1-3H3,(H,11,12). The Morgan fingerprint density at radius 1 is 1.57 bits per heavy atom. The molecule has 1 heterocycles. The summed E-state index contributed by atoms with van der Waals surface area (Å²) in [6, 6.07) is 0. The summed E-state index contributed by atoms with van der Waals surface area (Å²) < 4.78 is 18.6. The quantitative estimate of drug-likeness (QED) is 0.500. The highest BCUT2D eigenvalue weighted by Gasteiger charge is 2.52. The van der Waals surface area contributed by atoms with E-state index in [1.54, 1.807) is 20.8 Å². The van der Waals surface area contributed by atoms with E-state index in [0.717, 1.165) is 0 Å². The molecular weight excluding hydrogens is 189 g/mol. The smallest absolute Gasteiger partial charge is 0.354 e. The van der Waals surface area contributed by atoms with Gasteiger partial charge in [-0.25, -0.2) is 9.18 Å². The molecule has 5 heteroatoms. The molecule has 1 N–H and O–H groups in total. The van der Waals surface area contributed by atoms with Gasteiger partial charge in [0.25, 0.3) is 11.6 Å². The molecule has 1 saturated heterocycles. The molecule has 0 aromatic rings. The van der Waals surface area contributed by atoms with Crippen LogP contribution in [0.4, 0.5) is 4.39 Å². The van der Waals surface area contributed by atoms with Gasteiger partial charge in [0.05, 0.1) is 0 Å². The molecular formula is C9H14FNO3. The fourth-order valence-electron chi connectivity index (χ4n) is 1.16. The lowest BCUT2D eigenvalue weighted by Gasteiger charge is -2.23. The minimum atomic E-state index is -2.49. The van der Waals surface area contributed by atoms with Crippen LogP contribution in [-0.4, -0.2) is 29.7 Å². The van der Waals surface area contributed by atoms with Crippen molar-refractivity contribution in [3.8, 4) is 0 Å². The fraction of sp³-hybridized carbons (Fsp3) is 0.778. The summed E-state index contributed by atoms with van der Waals surface area (Å²) in [5.74, 6) is -1.99. The number of hydrogen-bond acceptors (Lipinski definition) is 3. The van der Waals surface area contributed by atoms with Crippen LogP contribution in [0.1, 0.15) is 27.2 Å². The Balaban J connectivity index is 2.74. The Bertz CT molecular complexity index is 272. The number of alkyl halides is 1. The molecule has 0 aliphatic carbocycles. The SMILES string of the molecule is CC(C)(C)OC(=O)C1(F)CCNC1=O. The molecule has 4 nitrogen and oxygen atoms in total. The molecule has 0 spiro atoms. The molecule has 0 aromatic carbocycles. The van der Waals surface area contributed by atoms with Gasteiger partial charge in [-0.05, 0) is 20.8 Å². The molecule has 80 valence electrons. The molecule has 1 rings (SSSR count). The summed E-state index contributed by atoms with van der Waals surface area (Å²) in [6.07, 6.45) is -0.152. The average molecular weight is 203 g/mol. The lowest BCUT2D eigenvalue weighted by Crippen LogP contribution is -2.45. The van der Waals surface area contributed by atoms with Gasteiger partial charge in [0, 0.05) is 13.0 Å². The van der Waals surface area contributed by atoms with Gasteiger partial charge in [-0.1, -0.05) is 0 Å². The Kier molecular flexibility index (Phi) is 2.52. The van der Waals surface area contributed by atoms with Gasteiger partial charge in [0.2, 0.25) is 0 Å². The average Bonchev–Trinajstić information content (AvgIpc) is 2.30. The minimum absolute atomic E-state index is 0.152. The Morgan fingerprint density at radius 3 is 2.50 bits per heavy atom. The second kappa shape index (κ2) is 3.22. The summed E-state index contributed by atoms with van der Waals surface area (Å²) >= 11 is 0. The monoisotopic (exact) mass is 203 g/mol. The van der Waals surface area contributed by atoms with Crippen LogP contribution in [0.15, 0.2) is 0 Å². The van der Waals surface area contributed by atoms with E-state index in [-0.39, 0.29) is 13.0 Å². The highest BCUT2D eigenvalue weighted by atomic mass is 19.1. The van der Waals surface area contributed by atoms with Crippen molar-refractivity contribution in [3.05, 3.63) is 0 Å². The van der Waals surface area contributed by atoms with Crippen LogP contribution in [0.2, 0.25) is 0 Å². The van der Waals surface area contributed by atoms with Gasteiger partial charge < -0.3 is 10.1 Å². The van der Waals surface area contributed by atoms with E-state index in [0.29, 0.717) is 0 Å². The van der Waals surface area contributed by atoms with E-state index in [4.69, 9.17) is 4.74 Å². The third kappa shape index (κ3) is 2.02. The van der Waals surface area contributed by atoms with Gasteiger partial charge in [-0.2, -0.15) is 0 Å². The first-order valence-electron chi connectivity index (χ1n) is 4.46. The molecule has 1 unspecified atom stereocenters. The third-order valence-corrected chi connectivity index (χ3v) is 1.84. The first-order chi connectivity index (χ1) is 6.26. The van der Waals surface area contributed by atoms with Crippen molar-refractivity contribution < 1.29 is 18.7 Å². The number of carbonyl (C=O) groups excluding carboxylic acids is 2. The lowest BCUT2D eigenvalue weighted by molar-refractivity contribution is -0.171. The number of esters is 1. The van der Waals surface area contributed by atoms with E-state index in [2.05, 4.69) is 5.32 Å². The molecule has 14 heavy (non-hydrogen) atoms. The molecule has 1 aliphatic rings. The van der Waals surface area contributed by atoms with E-state index >= 15 is 0 Å². The first-order valence-corrected chi connectivity index (χ1v) is 4.46. The Labute approximate surface area is 81.8 Å². The maximum Gasteiger partial charge on any atom is 0.354 e. The predicted octanol–water partition coefficient (Wildman–Crippen LogP) is 0.556. The van der Waals surface area contributed by atoms with Gasteiger partial charge >= 0.3 is 5.97 Å². The molecule has 1 amide bonds. The van der Waals surface area contributed by atoms with Crippen molar-refractivity contribution in [2.75, 3.05) is 6.54 Å². The maximum absolute atomic E-state index is 13.7. The van der Waals surface area contributed by atoms with E-state index in [1.165, 1.54) is 0 Å². The molecule has 0 saturated carbocycles. The highest BCUT2D eigenvalue weighted by Crippen LogP contribution is 2.25. The fourth-order valence-corrected chi connectivity index (χ4v) is 1.16. The van der Waals surface area contributed by atoms with Crippen molar-refractivity contribution in [1.82, 2.24) is 5.32 Å². The van der Waals surface area contributed by atoms with Crippen molar-refractivity contribution in [1.29, 1.82) is 0 Å². The normalized spacial score (nSPS) is 27.3. The Morgan fingerprint density at radius 2 is 2.14 bits per heavy atom. The predicted molar refractivity (Wildman–Crippen MR) is 47.3 cm³/mol. The number of amides is 1. The molecule has 0 aromatic heterocycles. The molecule has 0 radical (unpaired) electrons. The second-order valence-electron chi connectivity index (χ2n) is 4.31. The van der Waals surface area contributed by atoms with Gasteiger partial charge in [-0.3, -0.25) is 4.79 Å². The zero-order chi connectivity index (χ0) is 11.0. The van der Waals surface area contributed by atoms with Crippen molar-refractivity contribution in [2.24, 2.45) is 0 Å². The molecule has 0 bridgehead atoms. The highest BCUT2D eigenvalue weighted by molar-refractivity contribution is 6.07. The largest absolute Gasteiger partial charge is 0.457 e. The van der Waals surface area contributed by atoms with Gasteiger partial charge in [0.1, 0.15) is 5.60 Å². The summed E-state index contributed by atoms with van der Waals surface area (Å²) in [7, 11) is 0. The number of carbonyl (C=O) groups is 2. The summed E-state index contributed by atoms with van der Waals surface area (Å²) in [4.78, 5) is 22.4. The number of nitrogens with one attached hydrogen (secondary N) is 1. The van der Waals surface area contributed by atoms with E-state index < -0.39 is 23.1 Å². The first kappa shape index (κ1) is 10.9.